The van der Waals surface area contributed by atoms with E-state index in [-0.39, 0.29) is 0 Å². The average molecular weight is 374 g/mol. The summed E-state index contributed by atoms with van der Waals surface area (Å²) in [6.45, 7) is 6.66. The van der Waals surface area contributed by atoms with Gasteiger partial charge >= 0.3 is 0 Å². The van der Waals surface area contributed by atoms with Crippen molar-refractivity contribution in [1.29, 1.82) is 0 Å². The molecule has 1 unspecified atom stereocenters. The Morgan fingerprint density at radius 1 is 0.893 bits per heavy atom. The first-order chi connectivity index (χ1) is 13.6. The Bertz CT molecular complexity index is 937. The van der Waals surface area contributed by atoms with E-state index in [1.807, 2.05) is 0 Å². The number of benzene rings is 2. The summed E-state index contributed by atoms with van der Waals surface area (Å²) in [5.41, 5.74) is 5.06. The van der Waals surface area contributed by atoms with Crippen molar-refractivity contribution in [2.24, 2.45) is 5.92 Å². The maximum absolute atomic E-state index is 4.67. The lowest BCUT2D eigenvalue weighted by molar-refractivity contribution is 0.328. The Kier molecular flexibility index (Phi) is 5.61. The first-order valence-electron chi connectivity index (χ1n) is 10.7. The van der Waals surface area contributed by atoms with Gasteiger partial charge < -0.3 is 5.32 Å². The van der Waals surface area contributed by atoms with Crippen molar-refractivity contribution < 1.29 is 0 Å². The Balaban J connectivity index is 1.65. The standard InChI is InChI=1S/C25H31N3/c1-17-10-9-11-18(2)23(17)16-24-21-14-7-8-15-22(21)25(28-27-24)26-19(3)20-12-5-4-6-13-20/h7-11,14-15,19-20H,4-6,12-13,16H2,1-3H3,(H,26,28). The molecule has 1 saturated carbocycles. The van der Waals surface area contributed by atoms with E-state index in [1.54, 1.807) is 0 Å². The molecule has 2 aromatic carbocycles. The Labute approximate surface area is 168 Å². The van der Waals surface area contributed by atoms with E-state index in [1.165, 1.54) is 59.6 Å². The highest BCUT2D eigenvalue weighted by Gasteiger charge is 2.21. The van der Waals surface area contributed by atoms with E-state index >= 15 is 0 Å². The molecule has 28 heavy (non-hydrogen) atoms. The number of nitrogens with zero attached hydrogens (tertiary/aromatic N) is 2. The largest absolute Gasteiger partial charge is 0.365 e. The van der Waals surface area contributed by atoms with Crippen molar-refractivity contribution in [2.45, 2.75) is 65.3 Å². The minimum atomic E-state index is 0.433. The molecule has 3 aromatic rings. The second kappa shape index (κ2) is 8.30. The normalized spacial score (nSPS) is 16.2. The van der Waals surface area contributed by atoms with Crippen molar-refractivity contribution >= 4 is 16.6 Å². The van der Waals surface area contributed by atoms with E-state index in [0.29, 0.717) is 6.04 Å². The highest BCUT2D eigenvalue weighted by Crippen LogP contribution is 2.30. The molecular formula is C25H31N3. The minimum Gasteiger partial charge on any atom is -0.365 e. The van der Waals surface area contributed by atoms with Gasteiger partial charge in [0.2, 0.25) is 0 Å². The molecule has 0 aliphatic heterocycles. The topological polar surface area (TPSA) is 37.8 Å². The van der Waals surface area contributed by atoms with Crippen LogP contribution in [0.15, 0.2) is 42.5 Å². The van der Waals surface area contributed by atoms with Gasteiger partial charge in [0, 0.05) is 23.2 Å². The SMILES string of the molecule is Cc1cccc(C)c1Cc1nnc(NC(C)C2CCCCC2)c2ccccc12. The van der Waals surface area contributed by atoms with Crippen molar-refractivity contribution in [3.8, 4) is 0 Å². The van der Waals surface area contributed by atoms with E-state index in [0.717, 1.165) is 23.9 Å². The van der Waals surface area contributed by atoms with Crippen LogP contribution in [0.5, 0.6) is 0 Å². The van der Waals surface area contributed by atoms with Crippen LogP contribution in [-0.4, -0.2) is 16.2 Å². The number of hydrogen-bond acceptors (Lipinski definition) is 3. The van der Waals surface area contributed by atoms with Gasteiger partial charge in [-0.3, -0.25) is 0 Å². The van der Waals surface area contributed by atoms with Crippen LogP contribution in [-0.2, 0) is 6.42 Å². The number of hydrogen-bond donors (Lipinski definition) is 1. The Morgan fingerprint density at radius 2 is 1.57 bits per heavy atom. The maximum Gasteiger partial charge on any atom is 0.156 e. The van der Waals surface area contributed by atoms with Gasteiger partial charge in [-0.1, -0.05) is 61.7 Å². The first-order valence-corrected chi connectivity index (χ1v) is 10.7. The van der Waals surface area contributed by atoms with Gasteiger partial charge in [0.15, 0.2) is 5.82 Å². The number of aromatic nitrogens is 2. The summed E-state index contributed by atoms with van der Waals surface area (Å²) in [5.74, 6) is 1.67. The fourth-order valence-corrected chi connectivity index (χ4v) is 4.66. The van der Waals surface area contributed by atoms with Crippen molar-refractivity contribution in [1.82, 2.24) is 10.2 Å². The van der Waals surface area contributed by atoms with Crippen LogP contribution < -0.4 is 5.32 Å². The molecule has 1 N–H and O–H groups in total. The zero-order valence-electron chi connectivity index (χ0n) is 17.3. The molecule has 3 nitrogen and oxygen atoms in total. The highest BCUT2D eigenvalue weighted by molar-refractivity contribution is 5.93. The number of fused-ring (bicyclic) bond motifs is 1. The molecule has 0 radical (unpaired) electrons. The molecule has 3 heteroatoms. The van der Waals surface area contributed by atoms with Crippen LogP contribution >= 0.6 is 0 Å². The Morgan fingerprint density at radius 3 is 2.29 bits per heavy atom. The summed E-state index contributed by atoms with van der Waals surface area (Å²) < 4.78 is 0. The maximum atomic E-state index is 4.67. The highest BCUT2D eigenvalue weighted by atomic mass is 15.2. The summed E-state index contributed by atoms with van der Waals surface area (Å²) in [5, 5.41) is 15.4. The third-order valence-corrected chi connectivity index (χ3v) is 6.47. The van der Waals surface area contributed by atoms with Crippen LogP contribution in [0, 0.1) is 19.8 Å². The second-order valence-electron chi connectivity index (χ2n) is 8.42. The fraction of sp³-hybridized carbons (Fsp3) is 0.440. The van der Waals surface area contributed by atoms with E-state index in [9.17, 15) is 0 Å². The number of nitrogens with one attached hydrogen (secondary N) is 1. The van der Waals surface area contributed by atoms with Crippen molar-refractivity contribution in [3.63, 3.8) is 0 Å². The third-order valence-electron chi connectivity index (χ3n) is 6.47. The average Bonchev–Trinajstić information content (AvgIpc) is 2.73. The van der Waals surface area contributed by atoms with Crippen molar-refractivity contribution in [3.05, 3.63) is 64.8 Å². The predicted molar refractivity (Wildman–Crippen MR) is 118 cm³/mol. The number of anilines is 1. The molecule has 146 valence electrons. The quantitative estimate of drug-likeness (QED) is 0.577. The summed E-state index contributed by atoms with van der Waals surface area (Å²) in [7, 11) is 0. The molecule has 1 atom stereocenters. The monoisotopic (exact) mass is 373 g/mol. The lowest BCUT2D eigenvalue weighted by atomic mass is 9.84. The summed E-state index contributed by atoms with van der Waals surface area (Å²) in [6, 6.07) is 15.5. The minimum absolute atomic E-state index is 0.433. The molecule has 1 fully saturated rings. The van der Waals surface area contributed by atoms with Gasteiger partial charge in [-0.2, -0.15) is 5.10 Å². The van der Waals surface area contributed by atoms with E-state index < -0.39 is 0 Å². The predicted octanol–water partition coefficient (Wildman–Crippen LogP) is 6.22. The lowest BCUT2D eigenvalue weighted by Gasteiger charge is -2.28. The molecule has 0 saturated heterocycles. The van der Waals surface area contributed by atoms with Gasteiger partial charge in [-0.25, -0.2) is 0 Å². The summed E-state index contributed by atoms with van der Waals surface area (Å²) >= 11 is 0. The van der Waals surface area contributed by atoms with Crippen LogP contribution in [0.3, 0.4) is 0 Å². The molecule has 1 heterocycles. The molecule has 0 spiro atoms. The second-order valence-corrected chi connectivity index (χ2v) is 8.42. The van der Waals surface area contributed by atoms with Crippen molar-refractivity contribution in [2.75, 3.05) is 5.32 Å². The molecule has 1 aliphatic rings. The van der Waals surface area contributed by atoms with Crippen LogP contribution in [0.2, 0.25) is 0 Å². The number of aryl methyl sites for hydroxylation is 2. The molecule has 4 rings (SSSR count). The smallest absolute Gasteiger partial charge is 0.156 e. The van der Waals surface area contributed by atoms with E-state index in [2.05, 4.69) is 78.7 Å². The molecule has 0 amide bonds. The van der Waals surface area contributed by atoms with Gasteiger partial charge in [0.1, 0.15) is 0 Å². The Hall–Kier alpha value is -2.42. The summed E-state index contributed by atoms with van der Waals surface area (Å²) in [6.07, 6.45) is 7.58. The fourth-order valence-electron chi connectivity index (χ4n) is 4.66. The summed E-state index contributed by atoms with van der Waals surface area (Å²) in [4.78, 5) is 0. The van der Waals surface area contributed by atoms with Crippen LogP contribution in [0.4, 0.5) is 5.82 Å². The number of rotatable bonds is 5. The first kappa shape index (κ1) is 18.9. The van der Waals surface area contributed by atoms with Gasteiger partial charge in [-0.05, 0) is 56.2 Å². The van der Waals surface area contributed by atoms with Crippen LogP contribution in [0.25, 0.3) is 10.8 Å². The lowest BCUT2D eigenvalue weighted by Crippen LogP contribution is -2.28. The zero-order chi connectivity index (χ0) is 19.5. The van der Waals surface area contributed by atoms with Crippen LogP contribution in [0.1, 0.15) is 61.4 Å². The van der Waals surface area contributed by atoms with Gasteiger partial charge in [-0.15, -0.1) is 5.10 Å². The zero-order valence-corrected chi connectivity index (χ0v) is 17.3. The molecule has 1 aromatic heterocycles. The molecule has 0 bridgehead atoms. The van der Waals surface area contributed by atoms with E-state index in [4.69, 9.17) is 0 Å². The molecular weight excluding hydrogens is 342 g/mol. The molecule has 1 aliphatic carbocycles. The van der Waals surface area contributed by atoms with Gasteiger partial charge in [0.05, 0.1) is 5.69 Å². The third kappa shape index (κ3) is 3.89. The van der Waals surface area contributed by atoms with Gasteiger partial charge in [0.25, 0.3) is 0 Å².